The van der Waals surface area contributed by atoms with E-state index < -0.39 is 0 Å². The number of hydrogen-bond donors (Lipinski definition) is 1. The fourth-order valence-electron chi connectivity index (χ4n) is 1.41. The average molecular weight is 242 g/mol. The molecule has 0 aromatic carbocycles. The fraction of sp³-hybridized carbons (Fsp3) is 0.444. The van der Waals surface area contributed by atoms with Crippen LogP contribution in [-0.4, -0.2) is 20.0 Å². The summed E-state index contributed by atoms with van der Waals surface area (Å²) in [6.45, 7) is 4.16. The Bertz CT molecular complexity index is 504. The highest BCUT2D eigenvalue weighted by atomic mass is 35.5. The van der Waals surface area contributed by atoms with Gasteiger partial charge in [-0.15, -0.1) is 5.10 Å². The second-order valence-electron chi connectivity index (χ2n) is 3.46. The van der Waals surface area contributed by atoms with E-state index in [1.54, 1.807) is 18.7 Å². The molecule has 16 heavy (non-hydrogen) atoms. The highest BCUT2D eigenvalue weighted by Crippen LogP contribution is 2.19. The first-order valence-electron chi connectivity index (χ1n) is 4.80. The number of rotatable bonds is 3. The van der Waals surface area contributed by atoms with Gasteiger partial charge in [0.1, 0.15) is 5.15 Å². The third kappa shape index (κ3) is 2.01. The monoisotopic (exact) mass is 241 g/mol. The largest absolute Gasteiger partial charge is 0.408 e. The zero-order valence-corrected chi connectivity index (χ0v) is 10.0. The second-order valence-corrected chi connectivity index (χ2v) is 3.82. The SMILES string of the molecule is Cc1nnc(NCc2c(C)nn(C)c2Cl)o1. The van der Waals surface area contributed by atoms with E-state index in [1.165, 1.54) is 0 Å². The van der Waals surface area contributed by atoms with Crippen molar-refractivity contribution < 1.29 is 4.42 Å². The third-order valence-corrected chi connectivity index (χ3v) is 2.69. The van der Waals surface area contributed by atoms with Crippen molar-refractivity contribution in [2.75, 3.05) is 5.32 Å². The topological polar surface area (TPSA) is 68.8 Å². The molecule has 0 atom stereocenters. The summed E-state index contributed by atoms with van der Waals surface area (Å²) in [5.74, 6) is 0.525. The van der Waals surface area contributed by atoms with Crippen LogP contribution in [0.1, 0.15) is 17.1 Å². The average Bonchev–Trinajstić information content (AvgIpc) is 2.72. The summed E-state index contributed by atoms with van der Waals surface area (Å²) < 4.78 is 6.82. The van der Waals surface area contributed by atoms with Crippen molar-refractivity contribution in [1.29, 1.82) is 0 Å². The molecule has 0 aliphatic carbocycles. The van der Waals surface area contributed by atoms with E-state index in [0.717, 1.165) is 11.3 Å². The first-order chi connectivity index (χ1) is 7.58. The lowest BCUT2D eigenvalue weighted by atomic mass is 10.3. The standard InChI is InChI=1S/C9H12ClN5O/c1-5-7(8(10)15(3)14-5)4-11-9-13-12-6(2)16-9/h4H2,1-3H3,(H,11,13). The van der Waals surface area contributed by atoms with Gasteiger partial charge in [-0.3, -0.25) is 4.68 Å². The summed E-state index contributed by atoms with van der Waals surface area (Å²) in [6, 6.07) is 0.386. The van der Waals surface area contributed by atoms with E-state index in [1.807, 2.05) is 6.92 Å². The highest BCUT2D eigenvalue weighted by Gasteiger charge is 2.11. The number of anilines is 1. The molecule has 0 aliphatic heterocycles. The first-order valence-corrected chi connectivity index (χ1v) is 5.17. The van der Waals surface area contributed by atoms with E-state index in [9.17, 15) is 0 Å². The first kappa shape index (κ1) is 10.9. The molecule has 0 spiro atoms. The summed E-state index contributed by atoms with van der Waals surface area (Å²) in [5, 5.41) is 15.4. The Morgan fingerprint density at radius 3 is 2.62 bits per heavy atom. The van der Waals surface area contributed by atoms with Crippen molar-refractivity contribution in [2.24, 2.45) is 7.05 Å². The molecule has 0 saturated carbocycles. The number of hydrogen-bond acceptors (Lipinski definition) is 5. The second kappa shape index (κ2) is 4.13. The van der Waals surface area contributed by atoms with Gasteiger partial charge in [0.25, 0.3) is 0 Å². The smallest absolute Gasteiger partial charge is 0.315 e. The lowest BCUT2D eigenvalue weighted by Crippen LogP contribution is -2.01. The Labute approximate surface area is 97.6 Å². The predicted octanol–water partition coefficient (Wildman–Crippen LogP) is 1.69. The Balaban J connectivity index is 2.10. The number of aryl methyl sites for hydroxylation is 3. The molecule has 0 fully saturated rings. The van der Waals surface area contributed by atoms with E-state index in [2.05, 4.69) is 20.6 Å². The maximum absolute atomic E-state index is 6.08. The molecule has 2 aromatic rings. The van der Waals surface area contributed by atoms with Crippen LogP contribution in [0.4, 0.5) is 6.01 Å². The molecule has 0 unspecified atom stereocenters. The van der Waals surface area contributed by atoms with E-state index in [0.29, 0.717) is 23.6 Å². The van der Waals surface area contributed by atoms with Crippen molar-refractivity contribution in [3.63, 3.8) is 0 Å². The quantitative estimate of drug-likeness (QED) is 0.886. The minimum absolute atomic E-state index is 0.386. The number of nitrogens with zero attached hydrogens (tertiary/aromatic N) is 4. The van der Waals surface area contributed by atoms with Gasteiger partial charge < -0.3 is 9.73 Å². The van der Waals surface area contributed by atoms with Crippen LogP contribution in [0.3, 0.4) is 0 Å². The van der Waals surface area contributed by atoms with Crippen LogP contribution in [0.2, 0.25) is 5.15 Å². The molecular formula is C9H12ClN5O. The van der Waals surface area contributed by atoms with Gasteiger partial charge in [0.2, 0.25) is 5.89 Å². The Kier molecular flexibility index (Phi) is 2.82. The highest BCUT2D eigenvalue weighted by molar-refractivity contribution is 6.30. The van der Waals surface area contributed by atoms with Gasteiger partial charge in [0.05, 0.1) is 5.69 Å². The zero-order valence-electron chi connectivity index (χ0n) is 9.28. The van der Waals surface area contributed by atoms with Crippen LogP contribution in [0.5, 0.6) is 0 Å². The van der Waals surface area contributed by atoms with E-state index in [4.69, 9.17) is 16.0 Å². The Hall–Kier alpha value is -1.56. The normalized spacial score (nSPS) is 10.8. The lowest BCUT2D eigenvalue weighted by molar-refractivity contribution is 0.530. The van der Waals surface area contributed by atoms with Gasteiger partial charge in [0.15, 0.2) is 0 Å². The molecule has 0 saturated heterocycles. The minimum atomic E-state index is 0.386. The van der Waals surface area contributed by atoms with Crippen LogP contribution in [0, 0.1) is 13.8 Å². The van der Waals surface area contributed by atoms with Gasteiger partial charge in [0, 0.05) is 26.1 Å². The van der Waals surface area contributed by atoms with E-state index >= 15 is 0 Å². The van der Waals surface area contributed by atoms with Crippen molar-refractivity contribution in [1.82, 2.24) is 20.0 Å². The van der Waals surface area contributed by atoms with Gasteiger partial charge in [-0.2, -0.15) is 5.10 Å². The van der Waals surface area contributed by atoms with Gasteiger partial charge in [-0.1, -0.05) is 16.7 Å². The summed E-state index contributed by atoms with van der Waals surface area (Å²) in [7, 11) is 1.80. The van der Waals surface area contributed by atoms with Crippen molar-refractivity contribution in [2.45, 2.75) is 20.4 Å². The summed E-state index contributed by atoms with van der Waals surface area (Å²) in [4.78, 5) is 0. The van der Waals surface area contributed by atoms with Gasteiger partial charge in [-0.25, -0.2) is 0 Å². The zero-order chi connectivity index (χ0) is 11.7. The van der Waals surface area contributed by atoms with Crippen LogP contribution >= 0.6 is 11.6 Å². The third-order valence-electron chi connectivity index (χ3n) is 2.21. The number of halogens is 1. The van der Waals surface area contributed by atoms with Crippen LogP contribution in [-0.2, 0) is 13.6 Å². The Morgan fingerprint density at radius 2 is 2.12 bits per heavy atom. The molecule has 0 radical (unpaired) electrons. The Morgan fingerprint density at radius 1 is 1.38 bits per heavy atom. The van der Waals surface area contributed by atoms with Crippen molar-refractivity contribution in [3.05, 3.63) is 22.3 Å². The lowest BCUT2D eigenvalue weighted by Gasteiger charge is -2.00. The molecule has 1 N–H and O–H groups in total. The summed E-state index contributed by atoms with van der Waals surface area (Å²) >= 11 is 6.08. The minimum Gasteiger partial charge on any atom is -0.408 e. The molecule has 2 aromatic heterocycles. The molecular weight excluding hydrogens is 230 g/mol. The van der Waals surface area contributed by atoms with Crippen LogP contribution in [0.15, 0.2) is 4.42 Å². The van der Waals surface area contributed by atoms with Crippen LogP contribution in [0.25, 0.3) is 0 Å². The maximum atomic E-state index is 6.08. The molecule has 2 rings (SSSR count). The summed E-state index contributed by atoms with van der Waals surface area (Å²) in [5.41, 5.74) is 1.82. The van der Waals surface area contributed by atoms with E-state index in [-0.39, 0.29) is 0 Å². The molecule has 7 heteroatoms. The van der Waals surface area contributed by atoms with Crippen LogP contribution < -0.4 is 5.32 Å². The molecule has 86 valence electrons. The molecule has 0 bridgehead atoms. The summed E-state index contributed by atoms with van der Waals surface area (Å²) in [6.07, 6.45) is 0. The number of nitrogens with one attached hydrogen (secondary N) is 1. The number of aromatic nitrogens is 4. The maximum Gasteiger partial charge on any atom is 0.315 e. The van der Waals surface area contributed by atoms with Crippen molar-refractivity contribution >= 4 is 17.6 Å². The molecule has 2 heterocycles. The molecule has 0 amide bonds. The van der Waals surface area contributed by atoms with Gasteiger partial charge >= 0.3 is 6.01 Å². The predicted molar refractivity (Wildman–Crippen MR) is 59.3 cm³/mol. The molecule has 6 nitrogen and oxygen atoms in total. The molecule has 0 aliphatic rings. The van der Waals surface area contributed by atoms with Crippen molar-refractivity contribution in [3.8, 4) is 0 Å². The fourth-order valence-corrected chi connectivity index (χ4v) is 1.65. The van der Waals surface area contributed by atoms with Gasteiger partial charge in [-0.05, 0) is 6.92 Å².